The topological polar surface area (TPSA) is 34.4 Å². The molecule has 0 N–H and O–H groups in total. The molecule has 0 saturated heterocycles. The average Bonchev–Trinajstić information content (AvgIpc) is 2.75. The van der Waals surface area contributed by atoms with Gasteiger partial charge in [-0.15, -0.1) is 0 Å². The molecule has 0 unspecified atom stereocenters. The highest BCUT2D eigenvalue weighted by Crippen LogP contribution is 2.43. The van der Waals surface area contributed by atoms with E-state index in [0.29, 0.717) is 14.5 Å². The van der Waals surface area contributed by atoms with Gasteiger partial charge in [0.15, 0.2) is 17.5 Å². The second-order valence-corrected chi connectivity index (χ2v) is 5.42. The molecule has 2 aromatic carbocycles. The second kappa shape index (κ2) is 4.86. The van der Waals surface area contributed by atoms with Gasteiger partial charge in [0.1, 0.15) is 17.2 Å². The minimum atomic E-state index is -1.48. The van der Waals surface area contributed by atoms with E-state index >= 15 is 0 Å². The molecule has 3 nitrogen and oxygen atoms in total. The molecule has 0 spiro atoms. The van der Waals surface area contributed by atoms with E-state index in [9.17, 15) is 22.4 Å². The Balaban J connectivity index is 2.26. The van der Waals surface area contributed by atoms with E-state index in [0.717, 1.165) is 6.07 Å². The number of anilines is 2. The SMILES string of the molecule is O=C1[N]c2c(F)cc(F)c(F)c2N1c1ccc(I)cc1F. The summed E-state index contributed by atoms with van der Waals surface area (Å²) in [4.78, 5) is 12.3. The molecule has 0 saturated carbocycles. The van der Waals surface area contributed by atoms with Crippen LogP contribution in [-0.2, 0) is 0 Å². The summed E-state index contributed by atoms with van der Waals surface area (Å²) in [7, 11) is 0. The minimum absolute atomic E-state index is 0.290. The first-order chi connectivity index (χ1) is 9.90. The Labute approximate surface area is 129 Å². The first-order valence-electron chi connectivity index (χ1n) is 5.58. The maximum absolute atomic E-state index is 14.0. The van der Waals surface area contributed by atoms with E-state index in [1.54, 1.807) is 0 Å². The number of nitrogens with zero attached hydrogens (tertiary/aromatic N) is 2. The molecule has 1 radical (unpaired) electrons. The highest BCUT2D eigenvalue weighted by molar-refractivity contribution is 14.1. The molecule has 3 rings (SSSR count). The van der Waals surface area contributed by atoms with Crippen LogP contribution in [0.15, 0.2) is 24.3 Å². The van der Waals surface area contributed by atoms with E-state index in [1.807, 2.05) is 22.6 Å². The second-order valence-electron chi connectivity index (χ2n) is 4.18. The van der Waals surface area contributed by atoms with Gasteiger partial charge in [-0.05, 0) is 40.8 Å². The number of hydrogen-bond acceptors (Lipinski definition) is 1. The summed E-state index contributed by atoms with van der Waals surface area (Å²) in [6, 6.07) is 2.99. The lowest BCUT2D eigenvalue weighted by atomic mass is 10.2. The van der Waals surface area contributed by atoms with Crippen LogP contribution in [0.2, 0.25) is 0 Å². The van der Waals surface area contributed by atoms with Gasteiger partial charge in [-0.25, -0.2) is 22.4 Å². The van der Waals surface area contributed by atoms with E-state index in [1.165, 1.54) is 12.1 Å². The Kier molecular flexibility index (Phi) is 3.27. The largest absolute Gasteiger partial charge is 0.353 e. The Morgan fingerprint density at radius 3 is 2.38 bits per heavy atom. The number of hydrogen-bond donors (Lipinski definition) is 0. The van der Waals surface area contributed by atoms with Crippen molar-refractivity contribution in [2.45, 2.75) is 0 Å². The quantitative estimate of drug-likeness (QED) is 0.393. The van der Waals surface area contributed by atoms with Crippen molar-refractivity contribution < 1.29 is 22.4 Å². The van der Waals surface area contributed by atoms with Crippen molar-refractivity contribution in [3.05, 3.63) is 51.1 Å². The van der Waals surface area contributed by atoms with Gasteiger partial charge in [-0.1, -0.05) is 0 Å². The minimum Gasteiger partial charge on any atom is -0.253 e. The normalized spacial score (nSPS) is 13.4. The van der Waals surface area contributed by atoms with Gasteiger partial charge >= 0.3 is 6.03 Å². The maximum atomic E-state index is 14.0. The van der Waals surface area contributed by atoms with E-state index in [4.69, 9.17) is 0 Å². The van der Waals surface area contributed by atoms with Gasteiger partial charge < -0.3 is 0 Å². The van der Waals surface area contributed by atoms with Gasteiger partial charge in [-0.2, -0.15) is 5.32 Å². The fourth-order valence-corrected chi connectivity index (χ4v) is 2.46. The zero-order valence-corrected chi connectivity index (χ0v) is 12.2. The van der Waals surface area contributed by atoms with E-state index in [-0.39, 0.29) is 5.69 Å². The van der Waals surface area contributed by atoms with Crippen LogP contribution in [0.1, 0.15) is 0 Å². The fraction of sp³-hybridized carbons (Fsp3) is 0. The molecule has 1 aliphatic heterocycles. The molecule has 0 atom stereocenters. The van der Waals surface area contributed by atoms with Crippen molar-refractivity contribution in [2.75, 3.05) is 4.90 Å². The van der Waals surface area contributed by atoms with E-state index in [2.05, 4.69) is 5.32 Å². The number of urea groups is 1. The van der Waals surface area contributed by atoms with Crippen LogP contribution in [0, 0.1) is 26.8 Å². The summed E-state index contributed by atoms with van der Waals surface area (Å²) in [6.07, 6.45) is 0. The summed E-state index contributed by atoms with van der Waals surface area (Å²) < 4.78 is 55.3. The smallest absolute Gasteiger partial charge is 0.253 e. The van der Waals surface area contributed by atoms with Crippen LogP contribution < -0.4 is 10.2 Å². The summed E-state index contributed by atoms with van der Waals surface area (Å²) in [5, 5.41) is 3.31. The highest BCUT2D eigenvalue weighted by atomic mass is 127. The van der Waals surface area contributed by atoms with Crippen molar-refractivity contribution in [1.29, 1.82) is 0 Å². The molecule has 2 aromatic rings. The van der Waals surface area contributed by atoms with Crippen molar-refractivity contribution in [3.63, 3.8) is 0 Å². The molecule has 1 heterocycles. The number of benzene rings is 2. The fourth-order valence-electron chi connectivity index (χ4n) is 2.01. The first-order valence-corrected chi connectivity index (χ1v) is 6.66. The van der Waals surface area contributed by atoms with E-state index < -0.39 is 40.7 Å². The molecule has 1 aliphatic rings. The third-order valence-electron chi connectivity index (χ3n) is 2.89. The number of carbonyl (C=O) groups is 1. The molecule has 0 fully saturated rings. The highest BCUT2D eigenvalue weighted by Gasteiger charge is 2.38. The average molecular weight is 407 g/mol. The van der Waals surface area contributed by atoms with Crippen molar-refractivity contribution >= 4 is 45.7 Å². The standard InChI is InChI=1S/C13H4F4IN2O/c14-6-3-5(18)1-2-9(6)20-12-10(17)7(15)4-8(16)11(12)19-13(20)21/h1-4H. The third-order valence-corrected chi connectivity index (χ3v) is 3.57. The zero-order valence-electron chi connectivity index (χ0n) is 10.0. The van der Waals surface area contributed by atoms with Gasteiger partial charge in [0, 0.05) is 9.64 Å². The lowest BCUT2D eigenvalue weighted by molar-refractivity contribution is 0.252. The summed E-state index contributed by atoms with van der Waals surface area (Å²) in [5.74, 6) is -4.96. The predicted molar refractivity (Wildman–Crippen MR) is 74.8 cm³/mol. The van der Waals surface area contributed by atoms with Gasteiger partial charge in [-0.3, -0.25) is 4.90 Å². The number of carbonyl (C=O) groups excluding carboxylic acids is 1. The van der Waals surface area contributed by atoms with Crippen LogP contribution in [-0.4, -0.2) is 6.03 Å². The van der Waals surface area contributed by atoms with Crippen molar-refractivity contribution in [1.82, 2.24) is 5.32 Å². The van der Waals surface area contributed by atoms with Crippen LogP contribution >= 0.6 is 22.6 Å². The summed E-state index contributed by atoms with van der Waals surface area (Å²) >= 11 is 1.85. The predicted octanol–water partition coefficient (Wildman–Crippen LogP) is 4.36. The molecular weight excluding hydrogens is 403 g/mol. The Morgan fingerprint density at radius 2 is 1.71 bits per heavy atom. The van der Waals surface area contributed by atoms with Gasteiger partial charge in [0.2, 0.25) is 0 Å². The Morgan fingerprint density at radius 1 is 1.00 bits per heavy atom. The monoisotopic (exact) mass is 407 g/mol. The van der Waals surface area contributed by atoms with Crippen LogP contribution in [0.25, 0.3) is 0 Å². The Bertz CT molecular complexity index is 781. The van der Waals surface area contributed by atoms with Gasteiger partial charge in [0.05, 0.1) is 5.69 Å². The molecule has 8 heteroatoms. The van der Waals surface area contributed by atoms with Crippen LogP contribution in [0.5, 0.6) is 0 Å². The van der Waals surface area contributed by atoms with Crippen LogP contribution in [0.4, 0.5) is 39.4 Å². The van der Waals surface area contributed by atoms with Crippen LogP contribution in [0.3, 0.4) is 0 Å². The van der Waals surface area contributed by atoms with Gasteiger partial charge in [0.25, 0.3) is 0 Å². The Hall–Kier alpha value is -1.84. The molecule has 0 bridgehead atoms. The zero-order chi connectivity index (χ0) is 15.3. The molecule has 0 aromatic heterocycles. The number of rotatable bonds is 1. The lowest BCUT2D eigenvalue weighted by Crippen LogP contribution is -2.24. The lowest BCUT2D eigenvalue weighted by Gasteiger charge is -2.17. The summed E-state index contributed by atoms with van der Waals surface area (Å²) in [5.41, 5.74) is -1.69. The first kappa shape index (κ1) is 14.1. The molecule has 107 valence electrons. The maximum Gasteiger partial charge on any atom is 0.353 e. The molecule has 0 aliphatic carbocycles. The van der Waals surface area contributed by atoms with Crippen molar-refractivity contribution in [2.24, 2.45) is 0 Å². The van der Waals surface area contributed by atoms with Crippen molar-refractivity contribution in [3.8, 4) is 0 Å². The molecular formula is C13H4F4IN2O. The third kappa shape index (κ3) is 2.13. The number of fused-ring (bicyclic) bond motifs is 1. The number of amides is 2. The number of halogens is 5. The molecule has 2 amide bonds. The molecule has 21 heavy (non-hydrogen) atoms. The summed E-state index contributed by atoms with van der Waals surface area (Å²) in [6.45, 7) is 0.